The van der Waals surface area contributed by atoms with Gasteiger partial charge in [0, 0.05) is 20.6 Å². The van der Waals surface area contributed by atoms with Gasteiger partial charge >= 0.3 is 5.97 Å². The topological polar surface area (TPSA) is 102 Å². The number of amides is 1. The molecule has 0 aliphatic carbocycles. The minimum Gasteiger partial charge on any atom is -0.497 e. The van der Waals surface area contributed by atoms with Gasteiger partial charge in [-0.15, -0.1) is 0 Å². The van der Waals surface area contributed by atoms with Gasteiger partial charge in [0.25, 0.3) is 5.91 Å². The number of sulfonamides is 1. The standard InChI is InChI=1S/C20H24N2O6S/c1-14(19(23)21-13-15-5-9-17(27-4)10-6-15)28-20(24)16-7-11-18(12-8-16)29(25,26)22(2)3/h5-12,14H,13H2,1-4H3,(H,21,23)/t14-/m0/s1. The molecule has 0 bridgehead atoms. The average molecular weight is 420 g/mol. The van der Waals surface area contributed by atoms with E-state index in [1.165, 1.54) is 45.3 Å². The van der Waals surface area contributed by atoms with E-state index in [1.807, 2.05) is 12.1 Å². The number of nitrogens with zero attached hydrogens (tertiary/aromatic N) is 1. The van der Waals surface area contributed by atoms with Gasteiger partial charge in [-0.25, -0.2) is 17.5 Å². The van der Waals surface area contributed by atoms with Crippen molar-refractivity contribution in [2.24, 2.45) is 0 Å². The Bertz CT molecular complexity index is 953. The zero-order chi connectivity index (χ0) is 21.6. The first kappa shape index (κ1) is 22.4. The normalized spacial score (nSPS) is 12.3. The summed E-state index contributed by atoms with van der Waals surface area (Å²) in [6.07, 6.45) is -1.01. The molecule has 0 heterocycles. The van der Waals surface area contributed by atoms with Crippen molar-refractivity contribution in [1.29, 1.82) is 0 Å². The van der Waals surface area contributed by atoms with Crippen LogP contribution in [0.25, 0.3) is 0 Å². The lowest BCUT2D eigenvalue weighted by molar-refractivity contribution is -0.129. The molecule has 2 aromatic carbocycles. The van der Waals surface area contributed by atoms with E-state index in [1.54, 1.807) is 19.2 Å². The highest BCUT2D eigenvalue weighted by Crippen LogP contribution is 2.15. The van der Waals surface area contributed by atoms with Crippen molar-refractivity contribution in [2.45, 2.75) is 24.5 Å². The van der Waals surface area contributed by atoms with Crippen LogP contribution >= 0.6 is 0 Å². The molecular formula is C20H24N2O6S. The number of hydrogen-bond donors (Lipinski definition) is 1. The Labute approximate surface area is 170 Å². The van der Waals surface area contributed by atoms with Crippen LogP contribution in [0.5, 0.6) is 5.75 Å². The molecular weight excluding hydrogens is 396 g/mol. The third-order valence-electron chi connectivity index (χ3n) is 4.15. The molecule has 1 amide bonds. The predicted molar refractivity (Wildman–Crippen MR) is 107 cm³/mol. The Kier molecular flexibility index (Phi) is 7.35. The number of hydrogen-bond acceptors (Lipinski definition) is 6. The van der Waals surface area contributed by atoms with Gasteiger partial charge in [0.05, 0.1) is 17.6 Å². The summed E-state index contributed by atoms with van der Waals surface area (Å²) in [5, 5.41) is 2.69. The monoisotopic (exact) mass is 420 g/mol. The summed E-state index contributed by atoms with van der Waals surface area (Å²) in [6.45, 7) is 1.74. The molecule has 0 aromatic heterocycles. The van der Waals surface area contributed by atoms with Gasteiger partial charge in [-0.1, -0.05) is 12.1 Å². The van der Waals surface area contributed by atoms with E-state index in [-0.39, 0.29) is 17.0 Å². The smallest absolute Gasteiger partial charge is 0.338 e. The van der Waals surface area contributed by atoms with E-state index < -0.39 is 28.0 Å². The molecule has 0 aliphatic rings. The van der Waals surface area contributed by atoms with Crippen molar-refractivity contribution >= 4 is 21.9 Å². The van der Waals surface area contributed by atoms with Crippen molar-refractivity contribution in [3.8, 4) is 5.75 Å². The lowest BCUT2D eigenvalue weighted by atomic mass is 10.2. The Balaban J connectivity index is 1.92. The molecule has 0 unspecified atom stereocenters. The summed E-state index contributed by atoms with van der Waals surface area (Å²) in [4.78, 5) is 24.5. The maximum absolute atomic E-state index is 12.2. The SMILES string of the molecule is COc1ccc(CNC(=O)[C@H](C)OC(=O)c2ccc(S(=O)(=O)N(C)C)cc2)cc1. The molecule has 0 aliphatic heterocycles. The van der Waals surface area contributed by atoms with Gasteiger partial charge in [-0.05, 0) is 48.9 Å². The molecule has 1 atom stereocenters. The first-order chi connectivity index (χ1) is 13.6. The third-order valence-corrected chi connectivity index (χ3v) is 5.98. The van der Waals surface area contributed by atoms with E-state index in [4.69, 9.17) is 9.47 Å². The first-order valence-corrected chi connectivity index (χ1v) is 10.2. The number of esters is 1. The summed E-state index contributed by atoms with van der Waals surface area (Å²) < 4.78 is 35.4. The third kappa shape index (κ3) is 5.78. The lowest BCUT2D eigenvalue weighted by Crippen LogP contribution is -2.35. The molecule has 2 aromatic rings. The van der Waals surface area contributed by atoms with Gasteiger partial charge < -0.3 is 14.8 Å². The molecule has 2 rings (SSSR count). The second kappa shape index (κ2) is 9.53. The van der Waals surface area contributed by atoms with Crippen molar-refractivity contribution in [1.82, 2.24) is 9.62 Å². The van der Waals surface area contributed by atoms with Gasteiger partial charge in [0.15, 0.2) is 6.10 Å². The molecule has 0 radical (unpaired) electrons. The second-order valence-corrected chi connectivity index (χ2v) is 8.58. The largest absolute Gasteiger partial charge is 0.497 e. The van der Waals surface area contributed by atoms with Crippen molar-refractivity contribution in [3.63, 3.8) is 0 Å². The van der Waals surface area contributed by atoms with Crippen LogP contribution in [0.15, 0.2) is 53.4 Å². The fraction of sp³-hybridized carbons (Fsp3) is 0.300. The maximum atomic E-state index is 12.2. The summed E-state index contributed by atoms with van der Waals surface area (Å²) in [6, 6.07) is 12.5. The van der Waals surface area contributed by atoms with E-state index in [0.29, 0.717) is 5.75 Å². The number of nitrogens with one attached hydrogen (secondary N) is 1. The number of benzene rings is 2. The molecule has 8 nitrogen and oxygen atoms in total. The number of methoxy groups -OCH3 is 1. The summed E-state index contributed by atoms with van der Waals surface area (Å²) >= 11 is 0. The maximum Gasteiger partial charge on any atom is 0.338 e. The van der Waals surface area contributed by atoms with Crippen LogP contribution in [0.4, 0.5) is 0 Å². The van der Waals surface area contributed by atoms with Gasteiger partial charge in [-0.3, -0.25) is 4.79 Å². The molecule has 9 heteroatoms. The summed E-state index contributed by atoms with van der Waals surface area (Å²) in [5.41, 5.74) is 1.02. The molecule has 29 heavy (non-hydrogen) atoms. The first-order valence-electron chi connectivity index (χ1n) is 8.79. The Morgan fingerprint density at radius 3 is 2.14 bits per heavy atom. The van der Waals surface area contributed by atoms with Crippen LogP contribution in [-0.2, 0) is 26.1 Å². The van der Waals surface area contributed by atoms with Crippen LogP contribution in [-0.4, -0.2) is 51.9 Å². The molecule has 1 N–H and O–H groups in total. The Hall–Kier alpha value is -2.91. The number of ether oxygens (including phenoxy) is 2. The number of rotatable bonds is 8. The van der Waals surface area contributed by atoms with Crippen molar-refractivity contribution in [2.75, 3.05) is 21.2 Å². The summed E-state index contributed by atoms with van der Waals surface area (Å²) in [5.74, 6) is -0.446. The summed E-state index contributed by atoms with van der Waals surface area (Å²) in [7, 11) is 0.827. The van der Waals surface area contributed by atoms with Crippen LogP contribution in [0.2, 0.25) is 0 Å². The second-order valence-electron chi connectivity index (χ2n) is 6.43. The molecule has 0 saturated carbocycles. The lowest BCUT2D eigenvalue weighted by Gasteiger charge is -2.14. The minimum absolute atomic E-state index is 0.0596. The van der Waals surface area contributed by atoms with Crippen LogP contribution in [0, 0.1) is 0 Å². The van der Waals surface area contributed by atoms with E-state index in [2.05, 4.69) is 5.32 Å². The highest BCUT2D eigenvalue weighted by molar-refractivity contribution is 7.89. The van der Waals surface area contributed by atoms with Crippen LogP contribution in [0.1, 0.15) is 22.8 Å². The minimum atomic E-state index is -3.58. The van der Waals surface area contributed by atoms with Gasteiger partial charge in [0.1, 0.15) is 5.75 Å². The van der Waals surface area contributed by atoms with E-state index >= 15 is 0 Å². The predicted octanol–water partition coefficient (Wildman–Crippen LogP) is 1.81. The average Bonchev–Trinajstić information content (AvgIpc) is 2.72. The van der Waals surface area contributed by atoms with Gasteiger partial charge in [0.2, 0.25) is 10.0 Å². The van der Waals surface area contributed by atoms with E-state index in [9.17, 15) is 18.0 Å². The highest BCUT2D eigenvalue weighted by Gasteiger charge is 2.21. The number of carbonyl (C=O) groups excluding carboxylic acids is 2. The van der Waals surface area contributed by atoms with E-state index in [0.717, 1.165) is 9.87 Å². The number of carbonyl (C=O) groups is 2. The molecule has 0 spiro atoms. The van der Waals surface area contributed by atoms with Crippen molar-refractivity contribution in [3.05, 3.63) is 59.7 Å². The fourth-order valence-electron chi connectivity index (χ4n) is 2.33. The highest BCUT2D eigenvalue weighted by atomic mass is 32.2. The Morgan fingerprint density at radius 2 is 1.62 bits per heavy atom. The quantitative estimate of drug-likeness (QED) is 0.654. The van der Waals surface area contributed by atoms with Crippen LogP contribution < -0.4 is 10.1 Å². The zero-order valence-electron chi connectivity index (χ0n) is 16.7. The molecule has 0 fully saturated rings. The Morgan fingerprint density at radius 1 is 1.03 bits per heavy atom. The van der Waals surface area contributed by atoms with Gasteiger partial charge in [-0.2, -0.15) is 0 Å². The zero-order valence-corrected chi connectivity index (χ0v) is 17.5. The molecule has 0 saturated heterocycles. The fourth-order valence-corrected chi connectivity index (χ4v) is 3.23. The van der Waals surface area contributed by atoms with Crippen molar-refractivity contribution < 1.29 is 27.5 Å². The van der Waals surface area contributed by atoms with Crippen LogP contribution in [0.3, 0.4) is 0 Å². The molecule has 156 valence electrons.